The van der Waals surface area contributed by atoms with E-state index in [-0.39, 0.29) is 0 Å². The van der Waals surface area contributed by atoms with Crippen LogP contribution in [0.3, 0.4) is 0 Å². The molecule has 1 unspecified atom stereocenters. The molecular formula is C16H23N3OS. The lowest BCUT2D eigenvalue weighted by Gasteiger charge is -2.24. The molecule has 0 spiro atoms. The molecule has 1 atom stereocenters. The fraction of sp³-hybridized carbons (Fsp3) is 0.438. The van der Waals surface area contributed by atoms with Gasteiger partial charge in [-0.3, -0.25) is 0 Å². The van der Waals surface area contributed by atoms with E-state index in [2.05, 4.69) is 10.3 Å². The van der Waals surface area contributed by atoms with Crippen LogP contribution in [0.5, 0.6) is 0 Å². The first-order valence-electron chi connectivity index (χ1n) is 7.02. The molecule has 0 fully saturated rings. The van der Waals surface area contributed by atoms with Crippen molar-refractivity contribution in [1.29, 1.82) is 0 Å². The molecule has 2 N–H and O–H groups in total. The molecule has 2 aromatic rings. The Morgan fingerprint density at radius 3 is 2.52 bits per heavy atom. The Kier molecular flexibility index (Phi) is 4.98. The first-order valence-corrected chi connectivity index (χ1v) is 7.84. The Bertz CT molecular complexity index is 578. The normalized spacial score (nSPS) is 14.0. The summed E-state index contributed by atoms with van der Waals surface area (Å²) in [5.41, 5.74) is 1.10. The molecule has 0 saturated carbocycles. The second-order valence-electron chi connectivity index (χ2n) is 5.64. The van der Waals surface area contributed by atoms with Gasteiger partial charge in [-0.1, -0.05) is 30.3 Å². The van der Waals surface area contributed by atoms with Crippen LogP contribution in [0.2, 0.25) is 0 Å². The number of aromatic nitrogens is 1. The molecule has 1 aromatic heterocycles. The topological polar surface area (TPSA) is 48.4 Å². The third-order valence-electron chi connectivity index (χ3n) is 3.41. The fourth-order valence-corrected chi connectivity index (χ4v) is 3.04. The standard InChI is InChI=1S/C16H23N3OS/c1-12-14(21-15(18-12)19(3)4)10-17-11-16(2,20)13-8-6-5-7-9-13/h5-9,17,20H,10-11H2,1-4H3. The number of thiazole rings is 1. The lowest BCUT2D eigenvalue weighted by atomic mass is 9.96. The average molecular weight is 305 g/mol. The van der Waals surface area contributed by atoms with Gasteiger partial charge in [0.05, 0.1) is 11.3 Å². The highest BCUT2D eigenvalue weighted by Gasteiger charge is 2.22. The number of nitrogens with one attached hydrogen (secondary N) is 1. The molecule has 5 heteroatoms. The molecule has 21 heavy (non-hydrogen) atoms. The molecule has 4 nitrogen and oxygen atoms in total. The van der Waals surface area contributed by atoms with E-state index in [4.69, 9.17) is 0 Å². The Balaban J connectivity index is 1.95. The Morgan fingerprint density at radius 2 is 1.95 bits per heavy atom. The van der Waals surface area contributed by atoms with Crippen molar-refractivity contribution in [2.45, 2.75) is 26.0 Å². The van der Waals surface area contributed by atoms with Gasteiger partial charge in [-0.15, -0.1) is 11.3 Å². The Morgan fingerprint density at radius 1 is 1.29 bits per heavy atom. The van der Waals surface area contributed by atoms with Crippen LogP contribution in [0.4, 0.5) is 5.13 Å². The van der Waals surface area contributed by atoms with Crippen molar-refractivity contribution in [2.24, 2.45) is 0 Å². The number of aliphatic hydroxyl groups is 1. The van der Waals surface area contributed by atoms with E-state index in [0.29, 0.717) is 6.54 Å². The van der Waals surface area contributed by atoms with Crippen molar-refractivity contribution in [3.05, 3.63) is 46.5 Å². The van der Waals surface area contributed by atoms with Crippen LogP contribution in [0.25, 0.3) is 0 Å². The van der Waals surface area contributed by atoms with Gasteiger partial charge in [0.2, 0.25) is 0 Å². The van der Waals surface area contributed by atoms with E-state index in [1.54, 1.807) is 11.3 Å². The highest BCUT2D eigenvalue weighted by molar-refractivity contribution is 7.15. The summed E-state index contributed by atoms with van der Waals surface area (Å²) in [7, 11) is 3.99. The summed E-state index contributed by atoms with van der Waals surface area (Å²) in [6, 6.07) is 9.74. The number of benzene rings is 1. The van der Waals surface area contributed by atoms with E-state index < -0.39 is 5.60 Å². The maximum atomic E-state index is 10.5. The summed E-state index contributed by atoms with van der Waals surface area (Å²) in [6.07, 6.45) is 0. The van der Waals surface area contributed by atoms with Crippen LogP contribution in [0.15, 0.2) is 30.3 Å². The lowest BCUT2D eigenvalue weighted by molar-refractivity contribution is 0.0567. The van der Waals surface area contributed by atoms with Gasteiger partial charge >= 0.3 is 0 Å². The average Bonchev–Trinajstić information content (AvgIpc) is 2.81. The molecule has 114 valence electrons. The van der Waals surface area contributed by atoms with Crippen LogP contribution in [-0.4, -0.2) is 30.7 Å². The molecule has 2 rings (SSSR count). The van der Waals surface area contributed by atoms with E-state index in [1.165, 1.54) is 4.88 Å². The van der Waals surface area contributed by atoms with Crippen molar-refractivity contribution >= 4 is 16.5 Å². The summed E-state index contributed by atoms with van der Waals surface area (Å²) >= 11 is 1.68. The first-order chi connectivity index (χ1) is 9.90. The highest BCUT2D eigenvalue weighted by Crippen LogP contribution is 2.25. The molecule has 0 aliphatic heterocycles. The largest absolute Gasteiger partial charge is 0.384 e. The van der Waals surface area contributed by atoms with Gasteiger partial charge in [-0.25, -0.2) is 4.98 Å². The maximum absolute atomic E-state index is 10.5. The van der Waals surface area contributed by atoms with Crippen molar-refractivity contribution < 1.29 is 5.11 Å². The van der Waals surface area contributed by atoms with E-state index in [9.17, 15) is 5.11 Å². The third kappa shape index (κ3) is 4.03. The zero-order valence-corrected chi connectivity index (χ0v) is 13.9. The molecule has 0 saturated heterocycles. The van der Waals surface area contributed by atoms with Crippen LogP contribution < -0.4 is 10.2 Å². The minimum Gasteiger partial charge on any atom is -0.384 e. The summed E-state index contributed by atoms with van der Waals surface area (Å²) in [5.74, 6) is 0. The Labute approximate surface area is 130 Å². The number of anilines is 1. The van der Waals surface area contributed by atoms with Gasteiger partial charge in [0.1, 0.15) is 0 Å². The molecule has 0 bridgehead atoms. The van der Waals surface area contributed by atoms with E-state index in [1.807, 2.05) is 63.2 Å². The predicted molar refractivity (Wildman–Crippen MR) is 88.9 cm³/mol. The van der Waals surface area contributed by atoms with Crippen molar-refractivity contribution in [2.75, 3.05) is 25.5 Å². The van der Waals surface area contributed by atoms with Gasteiger partial charge in [0.15, 0.2) is 5.13 Å². The fourth-order valence-electron chi connectivity index (χ4n) is 2.09. The highest BCUT2D eigenvalue weighted by atomic mass is 32.1. The van der Waals surface area contributed by atoms with Crippen molar-refractivity contribution in [3.8, 4) is 0 Å². The van der Waals surface area contributed by atoms with Gasteiger partial charge in [0, 0.05) is 32.1 Å². The van der Waals surface area contributed by atoms with E-state index >= 15 is 0 Å². The van der Waals surface area contributed by atoms with Crippen LogP contribution in [-0.2, 0) is 12.1 Å². The van der Waals surface area contributed by atoms with Crippen LogP contribution in [0.1, 0.15) is 23.1 Å². The molecule has 0 radical (unpaired) electrons. The molecule has 0 aliphatic carbocycles. The predicted octanol–water partition coefficient (Wildman–Crippen LogP) is 2.51. The SMILES string of the molecule is Cc1nc(N(C)C)sc1CNCC(C)(O)c1ccccc1. The molecule has 0 aliphatic rings. The van der Waals surface area contributed by atoms with Crippen LogP contribution in [0, 0.1) is 6.92 Å². The third-order valence-corrected chi connectivity index (χ3v) is 4.74. The monoisotopic (exact) mass is 305 g/mol. The summed E-state index contributed by atoms with van der Waals surface area (Å²) in [4.78, 5) is 7.75. The zero-order chi connectivity index (χ0) is 15.5. The number of hydrogen-bond acceptors (Lipinski definition) is 5. The summed E-state index contributed by atoms with van der Waals surface area (Å²) in [6.45, 7) is 5.09. The quantitative estimate of drug-likeness (QED) is 0.861. The van der Waals surface area contributed by atoms with Gasteiger partial charge in [0.25, 0.3) is 0 Å². The van der Waals surface area contributed by atoms with Crippen molar-refractivity contribution in [1.82, 2.24) is 10.3 Å². The molecule has 0 amide bonds. The lowest BCUT2D eigenvalue weighted by Crippen LogP contribution is -2.35. The van der Waals surface area contributed by atoms with E-state index in [0.717, 1.165) is 22.9 Å². The first kappa shape index (κ1) is 15.9. The Hall–Kier alpha value is -1.43. The molecular weight excluding hydrogens is 282 g/mol. The molecule has 1 aromatic carbocycles. The minimum absolute atomic E-state index is 0.506. The number of hydrogen-bond donors (Lipinski definition) is 2. The second kappa shape index (κ2) is 6.56. The summed E-state index contributed by atoms with van der Waals surface area (Å²) in [5, 5.41) is 14.9. The maximum Gasteiger partial charge on any atom is 0.185 e. The smallest absolute Gasteiger partial charge is 0.185 e. The number of rotatable bonds is 6. The van der Waals surface area contributed by atoms with Gasteiger partial charge in [-0.05, 0) is 19.4 Å². The summed E-state index contributed by atoms with van der Waals surface area (Å²) < 4.78 is 0. The van der Waals surface area contributed by atoms with Crippen molar-refractivity contribution in [3.63, 3.8) is 0 Å². The molecule has 1 heterocycles. The minimum atomic E-state index is -0.871. The van der Waals surface area contributed by atoms with Crippen LogP contribution >= 0.6 is 11.3 Å². The van der Waals surface area contributed by atoms with Gasteiger partial charge < -0.3 is 15.3 Å². The number of nitrogens with zero attached hydrogens (tertiary/aromatic N) is 2. The zero-order valence-electron chi connectivity index (χ0n) is 13.1. The number of aryl methyl sites for hydroxylation is 1. The van der Waals surface area contributed by atoms with Gasteiger partial charge in [-0.2, -0.15) is 0 Å². The second-order valence-corrected chi connectivity index (χ2v) is 6.70.